The second-order valence-electron chi connectivity index (χ2n) is 2.45. The van der Waals surface area contributed by atoms with Gasteiger partial charge in [-0.1, -0.05) is 0 Å². The molecule has 1 heterocycles. The molecule has 0 fully saturated rings. The van der Waals surface area contributed by atoms with Crippen molar-refractivity contribution in [3.8, 4) is 0 Å². The Hall–Kier alpha value is -1.10. The Bertz CT molecular complexity index is 265. The first-order valence-electron chi connectivity index (χ1n) is 3.95. The number of hydrogen-bond donors (Lipinski definition) is 2. The monoisotopic (exact) mass is 197 g/mol. The van der Waals surface area contributed by atoms with Gasteiger partial charge < -0.3 is 5.32 Å². The zero-order valence-corrected chi connectivity index (χ0v) is 8.00. The summed E-state index contributed by atoms with van der Waals surface area (Å²) in [6, 6.07) is 1.76. The first-order valence-corrected chi connectivity index (χ1v) is 4.58. The topological polar surface area (TPSA) is 54.9 Å². The highest BCUT2D eigenvalue weighted by Gasteiger charge is 1.99. The maximum Gasteiger partial charge on any atom is 0.221 e. The van der Waals surface area contributed by atoms with E-state index < -0.39 is 0 Å². The van der Waals surface area contributed by atoms with Crippen molar-refractivity contribution < 1.29 is 4.79 Å². The Morgan fingerprint density at radius 1 is 1.62 bits per heavy atom. The summed E-state index contributed by atoms with van der Waals surface area (Å²) in [7, 11) is 0. The van der Waals surface area contributed by atoms with Crippen LogP contribution in [-0.4, -0.2) is 21.6 Å². The third-order valence-electron chi connectivity index (χ3n) is 1.45. The van der Waals surface area contributed by atoms with Crippen LogP contribution < -0.4 is 5.32 Å². The van der Waals surface area contributed by atoms with Crippen LogP contribution in [0, 0.1) is 0 Å². The molecule has 0 atom stereocenters. The Morgan fingerprint density at radius 2 is 2.46 bits per heavy atom. The fourth-order valence-electron chi connectivity index (χ4n) is 0.802. The van der Waals surface area contributed by atoms with Gasteiger partial charge in [0.15, 0.2) is 0 Å². The lowest BCUT2D eigenvalue weighted by Crippen LogP contribution is -2.23. The number of carbonyl (C=O) groups excluding carboxylic acids is 1. The molecule has 0 saturated heterocycles. The highest BCUT2D eigenvalue weighted by molar-refractivity contribution is 7.80. The fourth-order valence-corrected chi connectivity index (χ4v) is 1.00. The normalized spacial score (nSPS) is 9.62. The second kappa shape index (κ2) is 5.53. The number of nitrogens with one attached hydrogen (secondary N) is 1. The van der Waals surface area contributed by atoms with Gasteiger partial charge in [0.25, 0.3) is 0 Å². The summed E-state index contributed by atoms with van der Waals surface area (Å²) >= 11 is 3.95. The SMILES string of the molecule is O=C(CCS)NCc1ccncn1. The van der Waals surface area contributed by atoms with Crippen molar-refractivity contribution in [1.82, 2.24) is 15.3 Å². The molecule has 5 heteroatoms. The van der Waals surface area contributed by atoms with E-state index in [-0.39, 0.29) is 5.91 Å². The maximum atomic E-state index is 11.0. The molecule has 0 aliphatic rings. The van der Waals surface area contributed by atoms with Crippen LogP contribution in [-0.2, 0) is 11.3 Å². The van der Waals surface area contributed by atoms with Gasteiger partial charge in [0.05, 0.1) is 12.2 Å². The molecule has 0 aliphatic carbocycles. The Morgan fingerprint density at radius 3 is 3.08 bits per heavy atom. The van der Waals surface area contributed by atoms with E-state index in [1.54, 1.807) is 12.3 Å². The molecule has 0 saturated carbocycles. The molecule has 0 spiro atoms. The molecule has 1 rings (SSSR count). The van der Waals surface area contributed by atoms with Crippen molar-refractivity contribution in [2.24, 2.45) is 0 Å². The average molecular weight is 197 g/mol. The van der Waals surface area contributed by atoms with Crippen LogP contribution >= 0.6 is 12.6 Å². The van der Waals surface area contributed by atoms with E-state index in [1.165, 1.54) is 6.33 Å². The molecule has 70 valence electrons. The van der Waals surface area contributed by atoms with Crippen LogP contribution in [0.2, 0.25) is 0 Å². The minimum Gasteiger partial charge on any atom is -0.350 e. The zero-order valence-electron chi connectivity index (χ0n) is 7.10. The summed E-state index contributed by atoms with van der Waals surface area (Å²) in [4.78, 5) is 18.8. The number of nitrogens with zero attached hydrogens (tertiary/aromatic N) is 2. The van der Waals surface area contributed by atoms with Crippen molar-refractivity contribution >= 4 is 18.5 Å². The van der Waals surface area contributed by atoms with Crippen molar-refractivity contribution in [3.63, 3.8) is 0 Å². The van der Waals surface area contributed by atoms with E-state index >= 15 is 0 Å². The van der Waals surface area contributed by atoms with Crippen molar-refractivity contribution in [1.29, 1.82) is 0 Å². The van der Waals surface area contributed by atoms with Gasteiger partial charge >= 0.3 is 0 Å². The molecule has 4 nitrogen and oxygen atoms in total. The Labute approximate surface area is 82.2 Å². The smallest absolute Gasteiger partial charge is 0.221 e. The van der Waals surface area contributed by atoms with Gasteiger partial charge in [-0.2, -0.15) is 12.6 Å². The summed E-state index contributed by atoms with van der Waals surface area (Å²) in [5, 5.41) is 2.72. The number of aromatic nitrogens is 2. The zero-order chi connectivity index (χ0) is 9.52. The highest BCUT2D eigenvalue weighted by atomic mass is 32.1. The van der Waals surface area contributed by atoms with Crippen LogP contribution in [0.5, 0.6) is 0 Å². The molecular weight excluding hydrogens is 186 g/mol. The molecule has 0 aromatic carbocycles. The molecule has 0 bridgehead atoms. The second-order valence-corrected chi connectivity index (χ2v) is 2.90. The van der Waals surface area contributed by atoms with Crippen LogP contribution in [0.4, 0.5) is 0 Å². The van der Waals surface area contributed by atoms with Crippen LogP contribution in [0.1, 0.15) is 12.1 Å². The molecule has 0 radical (unpaired) electrons. The highest BCUT2D eigenvalue weighted by Crippen LogP contribution is 1.90. The predicted molar refractivity (Wildman–Crippen MR) is 52.3 cm³/mol. The summed E-state index contributed by atoms with van der Waals surface area (Å²) in [5.41, 5.74) is 0.808. The van der Waals surface area contributed by atoms with Gasteiger partial charge in [-0.05, 0) is 11.8 Å². The third kappa shape index (κ3) is 3.89. The van der Waals surface area contributed by atoms with Gasteiger partial charge in [-0.15, -0.1) is 0 Å². The lowest BCUT2D eigenvalue weighted by Gasteiger charge is -2.02. The van der Waals surface area contributed by atoms with E-state index in [0.29, 0.717) is 18.7 Å². The van der Waals surface area contributed by atoms with Crippen molar-refractivity contribution in [3.05, 3.63) is 24.3 Å². The van der Waals surface area contributed by atoms with E-state index in [1.807, 2.05) is 0 Å². The van der Waals surface area contributed by atoms with E-state index in [0.717, 1.165) is 5.69 Å². The summed E-state index contributed by atoms with van der Waals surface area (Å²) in [6.45, 7) is 0.454. The molecule has 0 unspecified atom stereocenters. The maximum absolute atomic E-state index is 11.0. The minimum atomic E-state index is -0.00591. The Kier molecular flexibility index (Phi) is 4.25. The van der Waals surface area contributed by atoms with E-state index in [4.69, 9.17) is 0 Å². The number of rotatable bonds is 4. The van der Waals surface area contributed by atoms with Gasteiger partial charge in [0.1, 0.15) is 6.33 Å². The van der Waals surface area contributed by atoms with Gasteiger partial charge in [-0.3, -0.25) is 4.79 Å². The van der Waals surface area contributed by atoms with Gasteiger partial charge in [0.2, 0.25) is 5.91 Å². The van der Waals surface area contributed by atoms with Crippen LogP contribution in [0.15, 0.2) is 18.6 Å². The average Bonchev–Trinajstić information content (AvgIpc) is 2.17. The lowest BCUT2D eigenvalue weighted by atomic mass is 10.4. The first-order chi connectivity index (χ1) is 6.33. The van der Waals surface area contributed by atoms with Crippen LogP contribution in [0.3, 0.4) is 0 Å². The first kappa shape index (κ1) is 9.98. The van der Waals surface area contributed by atoms with E-state index in [9.17, 15) is 4.79 Å². The number of thiol groups is 1. The lowest BCUT2D eigenvalue weighted by molar-refractivity contribution is -0.120. The Balaban J connectivity index is 2.31. The molecule has 1 aromatic rings. The predicted octanol–water partition coefficient (Wildman–Crippen LogP) is 0.413. The van der Waals surface area contributed by atoms with Gasteiger partial charge in [-0.25, -0.2) is 9.97 Å². The molecule has 1 amide bonds. The number of carbonyl (C=O) groups is 1. The minimum absolute atomic E-state index is 0.00591. The number of amides is 1. The molecule has 0 aliphatic heterocycles. The van der Waals surface area contributed by atoms with Crippen LogP contribution in [0.25, 0.3) is 0 Å². The molecule has 13 heavy (non-hydrogen) atoms. The number of hydrogen-bond acceptors (Lipinski definition) is 4. The quantitative estimate of drug-likeness (QED) is 0.687. The van der Waals surface area contributed by atoms with E-state index in [2.05, 4.69) is 27.9 Å². The molecular formula is C8H11N3OS. The largest absolute Gasteiger partial charge is 0.350 e. The summed E-state index contributed by atoms with van der Waals surface area (Å²) < 4.78 is 0. The molecule has 1 N–H and O–H groups in total. The third-order valence-corrected chi connectivity index (χ3v) is 1.67. The molecule has 1 aromatic heterocycles. The summed E-state index contributed by atoms with van der Waals surface area (Å²) in [5.74, 6) is 0.559. The van der Waals surface area contributed by atoms with Crippen molar-refractivity contribution in [2.45, 2.75) is 13.0 Å². The summed E-state index contributed by atoms with van der Waals surface area (Å²) in [6.07, 6.45) is 3.54. The standard InChI is InChI=1S/C8H11N3OS/c12-8(2-4-13)10-5-7-1-3-9-6-11-7/h1,3,6,13H,2,4-5H2,(H,10,12). The van der Waals surface area contributed by atoms with Gasteiger partial charge in [0, 0.05) is 12.6 Å². The van der Waals surface area contributed by atoms with Crippen molar-refractivity contribution in [2.75, 3.05) is 5.75 Å². The fraction of sp³-hybridized carbons (Fsp3) is 0.375.